The van der Waals surface area contributed by atoms with Crippen LogP contribution in [0.15, 0.2) is 52.9 Å². The second-order valence-corrected chi connectivity index (χ2v) is 4.89. The van der Waals surface area contributed by atoms with Gasteiger partial charge in [-0.25, -0.2) is 0 Å². The molecule has 102 valence electrons. The Kier molecular flexibility index (Phi) is 3.44. The molecule has 0 unspecified atom stereocenters. The predicted molar refractivity (Wildman–Crippen MR) is 79.6 cm³/mol. The van der Waals surface area contributed by atoms with Crippen molar-refractivity contribution in [1.82, 2.24) is 0 Å². The molecule has 0 spiro atoms. The number of aryl methyl sites for hydroxylation is 1. The van der Waals surface area contributed by atoms with Gasteiger partial charge in [0.2, 0.25) is 0 Å². The predicted octanol–water partition coefficient (Wildman–Crippen LogP) is 3.78. The number of nitrogens with two attached hydrogens (primary N) is 1. The Morgan fingerprint density at radius 2 is 2.00 bits per heavy atom. The van der Waals surface area contributed by atoms with Crippen LogP contribution < -0.4 is 10.5 Å². The molecule has 20 heavy (non-hydrogen) atoms. The topological polar surface area (TPSA) is 48.4 Å². The van der Waals surface area contributed by atoms with E-state index in [0.717, 1.165) is 28.0 Å². The first-order chi connectivity index (χ1) is 9.74. The molecule has 3 rings (SSSR count). The maximum atomic E-state index is 5.75. The smallest absolute Gasteiger partial charge is 0.146 e. The zero-order valence-electron chi connectivity index (χ0n) is 11.4. The highest BCUT2D eigenvalue weighted by Crippen LogP contribution is 2.22. The van der Waals surface area contributed by atoms with E-state index in [9.17, 15) is 0 Å². The van der Waals surface area contributed by atoms with Gasteiger partial charge in [0.05, 0.1) is 0 Å². The highest BCUT2D eigenvalue weighted by molar-refractivity contribution is 5.78. The van der Waals surface area contributed by atoms with Gasteiger partial charge in [-0.15, -0.1) is 0 Å². The lowest BCUT2D eigenvalue weighted by Crippen LogP contribution is -1.94. The zero-order valence-corrected chi connectivity index (χ0v) is 11.4. The van der Waals surface area contributed by atoms with Gasteiger partial charge >= 0.3 is 0 Å². The Hall–Kier alpha value is -2.26. The van der Waals surface area contributed by atoms with Crippen LogP contribution in [0.25, 0.3) is 11.0 Å². The molecule has 1 aromatic heterocycles. The van der Waals surface area contributed by atoms with Crippen molar-refractivity contribution in [3.63, 3.8) is 0 Å². The van der Waals surface area contributed by atoms with Gasteiger partial charge in [-0.3, -0.25) is 0 Å². The SMILES string of the molecule is Cc1cccc(OCc2cc3cc(CN)ccc3o2)c1. The summed E-state index contributed by atoms with van der Waals surface area (Å²) in [5.74, 6) is 1.67. The first-order valence-corrected chi connectivity index (χ1v) is 6.65. The molecule has 0 atom stereocenters. The molecule has 0 bridgehead atoms. The van der Waals surface area contributed by atoms with Crippen LogP contribution in [0.1, 0.15) is 16.9 Å². The number of hydrogen-bond donors (Lipinski definition) is 1. The van der Waals surface area contributed by atoms with E-state index in [-0.39, 0.29) is 0 Å². The first kappa shape index (κ1) is 12.8. The zero-order chi connectivity index (χ0) is 13.9. The van der Waals surface area contributed by atoms with Crippen LogP contribution in [0.3, 0.4) is 0 Å². The highest BCUT2D eigenvalue weighted by atomic mass is 16.5. The maximum Gasteiger partial charge on any atom is 0.146 e. The number of fused-ring (bicyclic) bond motifs is 1. The van der Waals surface area contributed by atoms with E-state index in [2.05, 4.69) is 6.07 Å². The van der Waals surface area contributed by atoms with E-state index in [1.807, 2.05) is 49.4 Å². The van der Waals surface area contributed by atoms with Crippen molar-refractivity contribution in [1.29, 1.82) is 0 Å². The monoisotopic (exact) mass is 267 g/mol. The standard InChI is InChI=1S/C17H17NO2/c1-12-3-2-4-15(7-12)19-11-16-9-14-8-13(10-18)5-6-17(14)20-16/h2-9H,10-11,18H2,1H3. The number of benzene rings is 2. The molecule has 0 amide bonds. The van der Waals surface area contributed by atoms with Crippen LogP contribution in [0, 0.1) is 6.92 Å². The lowest BCUT2D eigenvalue weighted by molar-refractivity contribution is 0.274. The van der Waals surface area contributed by atoms with Crippen molar-refractivity contribution in [3.05, 3.63) is 65.4 Å². The van der Waals surface area contributed by atoms with Crippen LogP contribution in [0.2, 0.25) is 0 Å². The van der Waals surface area contributed by atoms with Gasteiger partial charge < -0.3 is 14.9 Å². The summed E-state index contributed by atoms with van der Waals surface area (Å²) in [4.78, 5) is 0. The number of furan rings is 1. The van der Waals surface area contributed by atoms with Crippen molar-refractivity contribution < 1.29 is 9.15 Å². The number of rotatable bonds is 4. The average Bonchev–Trinajstić information content (AvgIpc) is 2.87. The third kappa shape index (κ3) is 2.68. The molecular weight excluding hydrogens is 250 g/mol. The van der Waals surface area contributed by atoms with E-state index < -0.39 is 0 Å². The van der Waals surface area contributed by atoms with Crippen LogP contribution in [0.4, 0.5) is 0 Å². The molecule has 0 aliphatic rings. The van der Waals surface area contributed by atoms with E-state index in [0.29, 0.717) is 13.2 Å². The lowest BCUT2D eigenvalue weighted by Gasteiger charge is -2.04. The molecule has 1 heterocycles. The largest absolute Gasteiger partial charge is 0.486 e. The Labute approximate surface area is 118 Å². The summed E-state index contributed by atoms with van der Waals surface area (Å²) in [5.41, 5.74) is 8.79. The molecule has 2 aromatic carbocycles. The Balaban J connectivity index is 1.77. The second-order valence-electron chi connectivity index (χ2n) is 4.89. The second kappa shape index (κ2) is 5.39. The van der Waals surface area contributed by atoms with Gasteiger partial charge in [0.1, 0.15) is 23.7 Å². The molecule has 3 heteroatoms. The van der Waals surface area contributed by atoms with Crippen LogP contribution in [0.5, 0.6) is 5.75 Å². The normalized spacial score (nSPS) is 10.9. The summed E-state index contributed by atoms with van der Waals surface area (Å²) in [6.07, 6.45) is 0. The molecule has 0 saturated carbocycles. The summed E-state index contributed by atoms with van der Waals surface area (Å²) in [6.45, 7) is 3.01. The molecule has 3 nitrogen and oxygen atoms in total. The molecule has 0 fully saturated rings. The Morgan fingerprint density at radius 3 is 2.80 bits per heavy atom. The van der Waals surface area contributed by atoms with Crippen molar-refractivity contribution in [2.75, 3.05) is 0 Å². The van der Waals surface area contributed by atoms with Gasteiger partial charge in [-0.2, -0.15) is 0 Å². The van der Waals surface area contributed by atoms with Crippen LogP contribution in [-0.4, -0.2) is 0 Å². The lowest BCUT2D eigenvalue weighted by atomic mass is 10.1. The fraction of sp³-hybridized carbons (Fsp3) is 0.176. The summed E-state index contributed by atoms with van der Waals surface area (Å²) < 4.78 is 11.5. The quantitative estimate of drug-likeness (QED) is 0.782. The minimum Gasteiger partial charge on any atom is -0.486 e. The summed E-state index contributed by atoms with van der Waals surface area (Å²) in [7, 11) is 0. The minimum atomic E-state index is 0.427. The fourth-order valence-electron chi connectivity index (χ4n) is 2.21. The molecule has 0 aliphatic carbocycles. The summed E-state index contributed by atoms with van der Waals surface area (Å²) >= 11 is 0. The van der Waals surface area contributed by atoms with Crippen LogP contribution >= 0.6 is 0 Å². The molecular formula is C17H17NO2. The molecule has 3 aromatic rings. The van der Waals surface area contributed by atoms with E-state index in [1.54, 1.807) is 0 Å². The van der Waals surface area contributed by atoms with Gasteiger partial charge in [-0.1, -0.05) is 18.2 Å². The van der Waals surface area contributed by atoms with Gasteiger partial charge in [0.15, 0.2) is 0 Å². The molecule has 2 N–H and O–H groups in total. The van der Waals surface area contributed by atoms with Crippen molar-refractivity contribution in [2.45, 2.75) is 20.1 Å². The van der Waals surface area contributed by atoms with E-state index in [1.165, 1.54) is 5.56 Å². The van der Waals surface area contributed by atoms with Gasteiger partial charge in [0.25, 0.3) is 0 Å². The fourth-order valence-corrected chi connectivity index (χ4v) is 2.21. The Morgan fingerprint density at radius 1 is 1.10 bits per heavy atom. The van der Waals surface area contributed by atoms with Crippen molar-refractivity contribution >= 4 is 11.0 Å². The Bertz CT molecular complexity index is 731. The number of ether oxygens (including phenoxy) is 1. The molecule has 0 aliphatic heterocycles. The maximum absolute atomic E-state index is 5.75. The van der Waals surface area contributed by atoms with Crippen molar-refractivity contribution in [3.8, 4) is 5.75 Å². The summed E-state index contributed by atoms with van der Waals surface area (Å²) in [5, 5.41) is 1.07. The van der Waals surface area contributed by atoms with Crippen LogP contribution in [-0.2, 0) is 13.2 Å². The van der Waals surface area contributed by atoms with E-state index >= 15 is 0 Å². The third-order valence-electron chi connectivity index (χ3n) is 3.24. The van der Waals surface area contributed by atoms with E-state index in [4.69, 9.17) is 14.9 Å². The number of hydrogen-bond acceptors (Lipinski definition) is 3. The first-order valence-electron chi connectivity index (χ1n) is 6.65. The third-order valence-corrected chi connectivity index (χ3v) is 3.24. The summed E-state index contributed by atoms with van der Waals surface area (Å²) in [6, 6.07) is 16.0. The van der Waals surface area contributed by atoms with Crippen molar-refractivity contribution in [2.24, 2.45) is 5.73 Å². The van der Waals surface area contributed by atoms with Gasteiger partial charge in [-0.05, 0) is 48.4 Å². The molecule has 0 saturated heterocycles. The average molecular weight is 267 g/mol. The minimum absolute atomic E-state index is 0.427. The highest BCUT2D eigenvalue weighted by Gasteiger charge is 2.05. The molecule has 0 radical (unpaired) electrons. The van der Waals surface area contributed by atoms with Gasteiger partial charge in [0, 0.05) is 11.9 Å².